The van der Waals surface area contributed by atoms with Gasteiger partial charge in [-0.05, 0) is 56.3 Å². The molecule has 0 bridgehead atoms. The molecule has 7 nitrogen and oxygen atoms in total. The van der Waals surface area contributed by atoms with Crippen LogP contribution in [-0.2, 0) is 6.54 Å². The number of halogens is 3. The van der Waals surface area contributed by atoms with Gasteiger partial charge in [0, 0.05) is 19.1 Å². The van der Waals surface area contributed by atoms with Gasteiger partial charge < -0.3 is 15.6 Å². The molecule has 3 heterocycles. The average Bonchev–Trinajstić information content (AvgIpc) is 2.98. The number of anilines is 1. The van der Waals surface area contributed by atoms with Crippen molar-refractivity contribution >= 4 is 61.2 Å². The summed E-state index contributed by atoms with van der Waals surface area (Å²) in [6.45, 7) is 1.69. The van der Waals surface area contributed by atoms with Gasteiger partial charge in [0.1, 0.15) is 5.65 Å². The molecule has 3 N–H and O–H groups in total. The first-order valence-corrected chi connectivity index (χ1v) is 10.5. The third-order valence-electron chi connectivity index (χ3n) is 5.00. The van der Waals surface area contributed by atoms with Crippen LogP contribution in [0.2, 0.25) is 0 Å². The minimum atomic E-state index is -0.166. The molecule has 0 aliphatic carbocycles. The lowest BCUT2D eigenvalue weighted by Gasteiger charge is -2.33. The number of fused-ring (bicyclic) bond motifs is 1. The van der Waals surface area contributed by atoms with Gasteiger partial charge in [0.15, 0.2) is 0 Å². The number of hydrogen-bond acceptors (Lipinski definition) is 5. The molecule has 1 atom stereocenters. The number of aromatic nitrogens is 3. The largest absolute Gasteiger partial charge is 0.341 e. The van der Waals surface area contributed by atoms with Gasteiger partial charge in [0.25, 0.3) is 5.56 Å². The number of nitrogens with two attached hydrogens (primary N) is 1. The molecule has 3 aromatic rings. The van der Waals surface area contributed by atoms with Crippen LogP contribution in [0.15, 0.2) is 38.1 Å². The van der Waals surface area contributed by atoms with Crippen LogP contribution in [0.1, 0.15) is 24.0 Å². The van der Waals surface area contributed by atoms with E-state index in [0.717, 1.165) is 24.9 Å². The number of aromatic amines is 1. The van der Waals surface area contributed by atoms with Gasteiger partial charge in [-0.15, -0.1) is 12.4 Å². The monoisotopic (exact) mass is 540 g/mol. The number of nitriles is 1. The van der Waals surface area contributed by atoms with Gasteiger partial charge in [-0.25, -0.2) is 0 Å². The Kier molecular flexibility index (Phi) is 6.69. The second kappa shape index (κ2) is 8.88. The highest BCUT2D eigenvalue weighted by molar-refractivity contribution is 9.13. The molecule has 1 aliphatic rings. The van der Waals surface area contributed by atoms with E-state index in [-0.39, 0.29) is 30.6 Å². The van der Waals surface area contributed by atoms with Crippen molar-refractivity contribution in [3.8, 4) is 6.07 Å². The predicted octanol–water partition coefficient (Wildman–Crippen LogP) is 3.52. The molecule has 0 amide bonds. The topological polar surface area (TPSA) is 104 Å². The van der Waals surface area contributed by atoms with Crippen LogP contribution >= 0.6 is 44.3 Å². The van der Waals surface area contributed by atoms with Crippen molar-refractivity contribution in [2.45, 2.75) is 25.4 Å². The molecule has 2 aromatic heterocycles. The SMILES string of the molecule is Cl.N#Cc1ccccc1Cn1c(N2CCC[C@@H](N)C2)nc2[nH]c(Br)c(Br)c2c1=O. The molecular weight excluding hydrogens is 524 g/mol. The summed E-state index contributed by atoms with van der Waals surface area (Å²) < 4.78 is 2.95. The molecule has 10 heteroatoms. The molecule has 4 rings (SSSR count). The van der Waals surface area contributed by atoms with Gasteiger partial charge in [0.2, 0.25) is 5.95 Å². The zero-order valence-corrected chi connectivity index (χ0v) is 19.3. The first-order chi connectivity index (χ1) is 13.5. The van der Waals surface area contributed by atoms with E-state index < -0.39 is 0 Å². The van der Waals surface area contributed by atoms with E-state index in [1.165, 1.54) is 0 Å². The van der Waals surface area contributed by atoms with E-state index in [2.05, 4.69) is 47.8 Å². The van der Waals surface area contributed by atoms with Gasteiger partial charge in [-0.2, -0.15) is 10.2 Å². The van der Waals surface area contributed by atoms with Crippen molar-refractivity contribution in [1.82, 2.24) is 14.5 Å². The van der Waals surface area contributed by atoms with E-state index in [0.29, 0.717) is 38.2 Å². The third-order valence-corrected chi connectivity index (χ3v) is 6.92. The predicted molar refractivity (Wildman–Crippen MR) is 123 cm³/mol. The van der Waals surface area contributed by atoms with Crippen LogP contribution < -0.4 is 16.2 Å². The smallest absolute Gasteiger partial charge is 0.265 e. The fraction of sp³-hybridized carbons (Fsp3) is 0.316. The van der Waals surface area contributed by atoms with Crippen LogP contribution in [0.5, 0.6) is 0 Å². The molecule has 1 aliphatic heterocycles. The molecule has 0 saturated carbocycles. The maximum Gasteiger partial charge on any atom is 0.265 e. The van der Waals surface area contributed by atoms with Crippen molar-refractivity contribution in [3.63, 3.8) is 0 Å². The zero-order valence-electron chi connectivity index (χ0n) is 15.4. The van der Waals surface area contributed by atoms with Crippen molar-refractivity contribution in [3.05, 3.63) is 54.8 Å². The lowest BCUT2D eigenvalue weighted by atomic mass is 10.1. The summed E-state index contributed by atoms with van der Waals surface area (Å²) in [5.41, 5.74) is 7.84. The summed E-state index contributed by atoms with van der Waals surface area (Å²) in [7, 11) is 0. The summed E-state index contributed by atoms with van der Waals surface area (Å²) in [6, 6.07) is 9.55. The van der Waals surface area contributed by atoms with Crippen LogP contribution in [0.3, 0.4) is 0 Å². The molecule has 1 fully saturated rings. The Labute approximate surface area is 190 Å². The molecule has 0 radical (unpaired) electrons. The molecule has 0 unspecified atom stereocenters. The van der Waals surface area contributed by atoms with Gasteiger partial charge in [-0.1, -0.05) is 18.2 Å². The number of nitrogens with zero attached hydrogens (tertiary/aromatic N) is 4. The molecule has 1 saturated heterocycles. The van der Waals surface area contributed by atoms with Gasteiger partial charge >= 0.3 is 0 Å². The fourth-order valence-electron chi connectivity index (χ4n) is 3.61. The average molecular weight is 543 g/mol. The maximum atomic E-state index is 13.4. The second-order valence-corrected chi connectivity index (χ2v) is 8.48. The van der Waals surface area contributed by atoms with E-state index in [1.807, 2.05) is 18.2 Å². The van der Waals surface area contributed by atoms with E-state index in [9.17, 15) is 10.1 Å². The number of H-pyrrole nitrogens is 1. The minimum Gasteiger partial charge on any atom is -0.341 e. The Bertz CT molecular complexity index is 1150. The van der Waals surface area contributed by atoms with Crippen LogP contribution in [0, 0.1) is 11.3 Å². The Morgan fingerprint density at radius 1 is 1.34 bits per heavy atom. The molecule has 152 valence electrons. The number of hydrogen-bond donors (Lipinski definition) is 2. The standard InChI is InChI=1S/C19H18Br2N6O.ClH/c20-15-14-17(24-16(15)21)25-19(26-7-3-6-13(23)10-26)27(18(14)28)9-12-5-2-1-4-11(12)8-22;/h1-2,4-5,13,24H,3,6-7,9-10,23H2;1H/t13-;/m1./s1. The Morgan fingerprint density at radius 2 is 2.10 bits per heavy atom. The normalized spacial score (nSPS) is 16.5. The highest BCUT2D eigenvalue weighted by Crippen LogP contribution is 2.30. The quantitative estimate of drug-likeness (QED) is 0.527. The summed E-state index contributed by atoms with van der Waals surface area (Å²) in [5, 5.41) is 9.92. The number of rotatable bonds is 3. The van der Waals surface area contributed by atoms with Crippen molar-refractivity contribution in [2.24, 2.45) is 5.73 Å². The summed E-state index contributed by atoms with van der Waals surface area (Å²) in [6.07, 6.45) is 1.90. The Hall–Kier alpha value is -1.86. The Balaban J connectivity index is 0.00000240. The van der Waals surface area contributed by atoms with E-state index >= 15 is 0 Å². The molecular formula is C19H19Br2ClN6O. The van der Waals surface area contributed by atoms with Crippen LogP contribution in [0.25, 0.3) is 11.0 Å². The number of piperidine rings is 1. The lowest BCUT2D eigenvalue weighted by Crippen LogP contribution is -2.45. The summed E-state index contributed by atoms with van der Waals surface area (Å²) in [4.78, 5) is 23.4. The number of benzene rings is 1. The van der Waals surface area contributed by atoms with E-state index in [1.54, 1.807) is 10.6 Å². The van der Waals surface area contributed by atoms with E-state index in [4.69, 9.17) is 10.7 Å². The maximum absolute atomic E-state index is 13.4. The first-order valence-electron chi connectivity index (χ1n) is 8.95. The van der Waals surface area contributed by atoms with Crippen molar-refractivity contribution < 1.29 is 0 Å². The zero-order chi connectivity index (χ0) is 19.8. The lowest BCUT2D eigenvalue weighted by molar-refractivity contribution is 0.491. The second-order valence-electron chi connectivity index (χ2n) is 6.90. The van der Waals surface area contributed by atoms with Crippen molar-refractivity contribution in [2.75, 3.05) is 18.0 Å². The summed E-state index contributed by atoms with van der Waals surface area (Å²) >= 11 is 6.88. The first kappa shape index (κ1) is 21.8. The highest BCUT2D eigenvalue weighted by atomic mass is 79.9. The molecule has 0 spiro atoms. The minimum absolute atomic E-state index is 0. The molecule has 29 heavy (non-hydrogen) atoms. The number of nitrogens with one attached hydrogen (secondary N) is 1. The van der Waals surface area contributed by atoms with Crippen LogP contribution in [0.4, 0.5) is 5.95 Å². The third kappa shape index (κ3) is 4.08. The van der Waals surface area contributed by atoms with Crippen LogP contribution in [-0.4, -0.2) is 33.7 Å². The summed E-state index contributed by atoms with van der Waals surface area (Å²) in [5.74, 6) is 0.571. The fourth-order valence-corrected chi connectivity index (χ4v) is 4.46. The van der Waals surface area contributed by atoms with Gasteiger partial charge in [0.05, 0.1) is 32.6 Å². The highest BCUT2D eigenvalue weighted by Gasteiger charge is 2.25. The molecule has 1 aromatic carbocycles. The van der Waals surface area contributed by atoms with Crippen molar-refractivity contribution in [1.29, 1.82) is 5.26 Å². The Morgan fingerprint density at radius 3 is 2.83 bits per heavy atom. The van der Waals surface area contributed by atoms with Gasteiger partial charge in [-0.3, -0.25) is 9.36 Å².